The Balaban J connectivity index is 1.97. The lowest BCUT2D eigenvalue weighted by Crippen LogP contribution is -2.15. The first-order valence-electron chi connectivity index (χ1n) is 5.94. The van der Waals surface area contributed by atoms with Gasteiger partial charge in [0.05, 0.1) is 23.2 Å². The SMILES string of the molecule is O=C(CC(O)c1ccccc1)Nc1ccccc1Cl. The highest BCUT2D eigenvalue weighted by Gasteiger charge is 2.13. The third-order valence-corrected chi connectivity index (χ3v) is 3.04. The molecule has 1 amide bonds. The molecule has 98 valence electrons. The van der Waals surface area contributed by atoms with Gasteiger partial charge in [0.1, 0.15) is 0 Å². The molecular formula is C15H14ClNO2. The summed E-state index contributed by atoms with van der Waals surface area (Å²) in [5, 5.41) is 13.1. The van der Waals surface area contributed by atoms with Gasteiger partial charge in [-0.3, -0.25) is 4.79 Å². The summed E-state index contributed by atoms with van der Waals surface area (Å²) in [5.41, 5.74) is 1.27. The van der Waals surface area contributed by atoms with E-state index in [1.807, 2.05) is 18.2 Å². The van der Waals surface area contributed by atoms with Gasteiger partial charge in [-0.25, -0.2) is 0 Å². The van der Waals surface area contributed by atoms with Crippen molar-refractivity contribution in [3.05, 3.63) is 65.2 Å². The average Bonchev–Trinajstić information content (AvgIpc) is 2.42. The Kier molecular flexibility index (Phi) is 4.55. The van der Waals surface area contributed by atoms with Crippen LogP contribution < -0.4 is 5.32 Å². The lowest BCUT2D eigenvalue weighted by molar-refractivity contribution is -0.118. The largest absolute Gasteiger partial charge is 0.388 e. The second kappa shape index (κ2) is 6.36. The van der Waals surface area contributed by atoms with Crippen molar-refractivity contribution in [3.8, 4) is 0 Å². The number of hydrogen-bond acceptors (Lipinski definition) is 2. The molecule has 1 atom stereocenters. The number of nitrogens with one attached hydrogen (secondary N) is 1. The summed E-state index contributed by atoms with van der Waals surface area (Å²) < 4.78 is 0. The Bertz CT molecular complexity index is 557. The fraction of sp³-hybridized carbons (Fsp3) is 0.133. The summed E-state index contributed by atoms with van der Waals surface area (Å²) in [6, 6.07) is 16.1. The topological polar surface area (TPSA) is 49.3 Å². The smallest absolute Gasteiger partial charge is 0.227 e. The molecular weight excluding hydrogens is 262 g/mol. The van der Waals surface area contributed by atoms with Crippen LogP contribution >= 0.6 is 11.6 Å². The van der Waals surface area contributed by atoms with Gasteiger partial charge < -0.3 is 10.4 Å². The number of carbonyl (C=O) groups excluding carboxylic acids is 1. The van der Waals surface area contributed by atoms with Crippen molar-refractivity contribution in [2.45, 2.75) is 12.5 Å². The van der Waals surface area contributed by atoms with Gasteiger partial charge in [0.2, 0.25) is 5.91 Å². The molecule has 0 saturated carbocycles. The van der Waals surface area contributed by atoms with Gasteiger partial charge in [-0.15, -0.1) is 0 Å². The quantitative estimate of drug-likeness (QED) is 0.898. The molecule has 2 aromatic carbocycles. The minimum Gasteiger partial charge on any atom is -0.388 e. The van der Waals surface area contributed by atoms with E-state index in [4.69, 9.17) is 11.6 Å². The van der Waals surface area contributed by atoms with Crippen molar-refractivity contribution < 1.29 is 9.90 Å². The molecule has 2 N–H and O–H groups in total. The van der Waals surface area contributed by atoms with Crippen molar-refractivity contribution in [3.63, 3.8) is 0 Å². The van der Waals surface area contributed by atoms with Gasteiger partial charge in [-0.1, -0.05) is 54.1 Å². The zero-order valence-corrected chi connectivity index (χ0v) is 11.0. The zero-order valence-electron chi connectivity index (χ0n) is 10.2. The molecule has 2 rings (SSSR count). The average molecular weight is 276 g/mol. The van der Waals surface area contributed by atoms with Crippen LogP contribution in [0.5, 0.6) is 0 Å². The lowest BCUT2D eigenvalue weighted by atomic mass is 10.1. The molecule has 3 nitrogen and oxygen atoms in total. The number of halogens is 1. The standard InChI is InChI=1S/C15H14ClNO2/c16-12-8-4-5-9-13(12)17-15(19)10-14(18)11-6-2-1-3-7-11/h1-9,14,18H,10H2,(H,17,19). The van der Waals surface area contributed by atoms with Crippen molar-refractivity contribution in [1.29, 1.82) is 0 Å². The molecule has 0 aliphatic rings. The molecule has 0 bridgehead atoms. The summed E-state index contributed by atoms with van der Waals surface area (Å²) in [4.78, 5) is 11.8. The fourth-order valence-electron chi connectivity index (χ4n) is 1.73. The molecule has 0 radical (unpaired) electrons. The number of para-hydroxylation sites is 1. The number of aliphatic hydroxyl groups excluding tert-OH is 1. The highest BCUT2D eigenvalue weighted by Crippen LogP contribution is 2.22. The molecule has 0 heterocycles. The van der Waals surface area contributed by atoms with E-state index in [0.29, 0.717) is 10.7 Å². The van der Waals surface area contributed by atoms with Crippen molar-refractivity contribution >= 4 is 23.2 Å². The van der Waals surface area contributed by atoms with Gasteiger partial charge in [-0.2, -0.15) is 0 Å². The molecule has 0 saturated heterocycles. The lowest BCUT2D eigenvalue weighted by Gasteiger charge is -2.11. The molecule has 0 aliphatic carbocycles. The third kappa shape index (κ3) is 3.81. The van der Waals surface area contributed by atoms with Crippen LogP contribution in [-0.4, -0.2) is 11.0 Å². The van der Waals surface area contributed by atoms with Crippen LogP contribution in [0.3, 0.4) is 0 Å². The number of carbonyl (C=O) groups is 1. The minimum absolute atomic E-state index is 0.00473. The molecule has 1 unspecified atom stereocenters. The maximum atomic E-state index is 11.8. The van der Waals surface area contributed by atoms with E-state index in [2.05, 4.69) is 5.32 Å². The Morgan fingerprint density at radius 1 is 1.11 bits per heavy atom. The van der Waals surface area contributed by atoms with Crippen LogP contribution in [0.25, 0.3) is 0 Å². The summed E-state index contributed by atoms with van der Waals surface area (Å²) in [6.45, 7) is 0. The number of amides is 1. The normalized spacial score (nSPS) is 11.9. The summed E-state index contributed by atoms with van der Waals surface area (Å²) in [7, 11) is 0. The minimum atomic E-state index is -0.816. The van der Waals surface area contributed by atoms with Gasteiger partial charge in [0, 0.05) is 0 Å². The van der Waals surface area contributed by atoms with Crippen LogP contribution in [0.4, 0.5) is 5.69 Å². The molecule has 0 spiro atoms. The first-order valence-corrected chi connectivity index (χ1v) is 6.32. The highest BCUT2D eigenvalue weighted by atomic mass is 35.5. The number of hydrogen-bond donors (Lipinski definition) is 2. The van der Waals surface area contributed by atoms with Gasteiger partial charge in [-0.05, 0) is 17.7 Å². The van der Waals surface area contributed by atoms with Crippen LogP contribution in [0.2, 0.25) is 5.02 Å². The predicted molar refractivity (Wildman–Crippen MR) is 76.1 cm³/mol. The first kappa shape index (κ1) is 13.6. The maximum Gasteiger partial charge on any atom is 0.227 e. The van der Waals surface area contributed by atoms with E-state index in [9.17, 15) is 9.90 Å². The zero-order chi connectivity index (χ0) is 13.7. The first-order chi connectivity index (χ1) is 9.16. The number of rotatable bonds is 4. The Labute approximate surface area is 116 Å². The van der Waals surface area contributed by atoms with Gasteiger partial charge in [0.15, 0.2) is 0 Å². The van der Waals surface area contributed by atoms with Gasteiger partial charge >= 0.3 is 0 Å². The van der Waals surface area contributed by atoms with Crippen molar-refractivity contribution in [1.82, 2.24) is 0 Å². The number of benzene rings is 2. The predicted octanol–water partition coefficient (Wildman–Crippen LogP) is 3.40. The van der Waals surface area contributed by atoms with Crippen LogP contribution in [0.1, 0.15) is 18.1 Å². The van der Waals surface area contributed by atoms with Crippen LogP contribution in [-0.2, 0) is 4.79 Å². The summed E-state index contributed by atoms with van der Waals surface area (Å²) in [6.07, 6.45) is -0.821. The third-order valence-electron chi connectivity index (χ3n) is 2.71. The summed E-state index contributed by atoms with van der Waals surface area (Å²) in [5.74, 6) is -0.274. The van der Waals surface area contributed by atoms with Crippen molar-refractivity contribution in [2.75, 3.05) is 5.32 Å². The van der Waals surface area contributed by atoms with Crippen molar-refractivity contribution in [2.24, 2.45) is 0 Å². The molecule has 0 fully saturated rings. The second-order valence-electron chi connectivity index (χ2n) is 4.16. The molecule has 0 aromatic heterocycles. The molecule has 4 heteroatoms. The Hall–Kier alpha value is -1.84. The maximum absolute atomic E-state index is 11.8. The highest BCUT2D eigenvalue weighted by molar-refractivity contribution is 6.33. The van der Waals surface area contributed by atoms with Crippen LogP contribution in [0.15, 0.2) is 54.6 Å². The molecule has 19 heavy (non-hydrogen) atoms. The van der Waals surface area contributed by atoms with E-state index < -0.39 is 6.10 Å². The Morgan fingerprint density at radius 3 is 2.42 bits per heavy atom. The monoisotopic (exact) mass is 275 g/mol. The van der Waals surface area contributed by atoms with Crippen LogP contribution in [0, 0.1) is 0 Å². The van der Waals surface area contributed by atoms with E-state index in [1.165, 1.54) is 0 Å². The number of aliphatic hydroxyl groups is 1. The van der Waals surface area contributed by atoms with E-state index in [1.54, 1.807) is 36.4 Å². The molecule has 2 aromatic rings. The fourth-order valence-corrected chi connectivity index (χ4v) is 1.92. The van der Waals surface area contributed by atoms with E-state index in [-0.39, 0.29) is 12.3 Å². The Morgan fingerprint density at radius 2 is 1.74 bits per heavy atom. The molecule has 0 aliphatic heterocycles. The second-order valence-corrected chi connectivity index (χ2v) is 4.57. The van der Waals surface area contributed by atoms with E-state index >= 15 is 0 Å². The summed E-state index contributed by atoms with van der Waals surface area (Å²) >= 11 is 5.94. The van der Waals surface area contributed by atoms with E-state index in [0.717, 1.165) is 5.56 Å². The van der Waals surface area contributed by atoms with Gasteiger partial charge in [0.25, 0.3) is 0 Å². The number of anilines is 1.